The van der Waals surface area contributed by atoms with Gasteiger partial charge in [-0.1, -0.05) is 13.3 Å². The predicted molar refractivity (Wildman–Crippen MR) is 85.9 cm³/mol. The van der Waals surface area contributed by atoms with Crippen LogP contribution in [0.4, 0.5) is 9.93 Å². The van der Waals surface area contributed by atoms with Gasteiger partial charge in [0.25, 0.3) is 0 Å². The maximum absolute atomic E-state index is 12.4. The van der Waals surface area contributed by atoms with Crippen molar-refractivity contribution in [2.75, 3.05) is 38.5 Å². The van der Waals surface area contributed by atoms with E-state index in [1.165, 1.54) is 17.8 Å². The molecule has 1 N–H and O–H groups in total. The molecule has 21 heavy (non-hydrogen) atoms. The van der Waals surface area contributed by atoms with E-state index >= 15 is 0 Å². The fraction of sp³-hybridized carbons (Fsp3) is 0.733. The fourth-order valence-electron chi connectivity index (χ4n) is 3.51. The van der Waals surface area contributed by atoms with Crippen molar-refractivity contribution in [3.05, 3.63) is 11.1 Å². The van der Waals surface area contributed by atoms with Crippen molar-refractivity contribution in [3.8, 4) is 0 Å². The summed E-state index contributed by atoms with van der Waals surface area (Å²) in [6, 6.07) is 0.0128. The Bertz CT molecular complexity index is 518. The van der Waals surface area contributed by atoms with E-state index in [2.05, 4.69) is 29.2 Å². The Morgan fingerprint density at radius 1 is 1.43 bits per heavy atom. The fourth-order valence-corrected chi connectivity index (χ4v) is 4.24. The first-order valence-electron chi connectivity index (χ1n) is 7.79. The molecule has 2 aliphatic heterocycles. The molecule has 3 heterocycles. The predicted octanol–water partition coefficient (Wildman–Crippen LogP) is 2.66. The molecule has 1 aromatic heterocycles. The van der Waals surface area contributed by atoms with Crippen LogP contribution in [0.5, 0.6) is 0 Å². The quantitative estimate of drug-likeness (QED) is 0.934. The molecule has 2 saturated heterocycles. The number of thiazole rings is 1. The Morgan fingerprint density at radius 2 is 2.24 bits per heavy atom. The van der Waals surface area contributed by atoms with Crippen LogP contribution in [-0.4, -0.2) is 54.0 Å². The minimum atomic E-state index is 0.0128. The molecule has 0 aliphatic carbocycles. The zero-order valence-electron chi connectivity index (χ0n) is 12.9. The highest BCUT2D eigenvalue weighted by Crippen LogP contribution is 2.39. The number of nitrogens with zero attached hydrogens (tertiary/aromatic N) is 3. The van der Waals surface area contributed by atoms with Crippen molar-refractivity contribution in [2.45, 2.75) is 32.6 Å². The second kappa shape index (κ2) is 5.93. The molecule has 3 rings (SSSR count). The Morgan fingerprint density at radius 3 is 2.95 bits per heavy atom. The molecule has 1 unspecified atom stereocenters. The third-order valence-corrected chi connectivity index (χ3v) is 5.43. The molecule has 1 spiro atoms. The molecule has 1 atom stereocenters. The van der Waals surface area contributed by atoms with Crippen LogP contribution in [0.2, 0.25) is 0 Å². The van der Waals surface area contributed by atoms with E-state index in [1.807, 2.05) is 10.3 Å². The topological polar surface area (TPSA) is 48.5 Å². The number of urea groups is 1. The van der Waals surface area contributed by atoms with Crippen LogP contribution < -0.4 is 5.32 Å². The summed E-state index contributed by atoms with van der Waals surface area (Å²) in [4.78, 5) is 21.2. The van der Waals surface area contributed by atoms with Crippen molar-refractivity contribution in [1.82, 2.24) is 14.8 Å². The van der Waals surface area contributed by atoms with Crippen LogP contribution in [0.15, 0.2) is 5.38 Å². The summed E-state index contributed by atoms with van der Waals surface area (Å²) in [6.07, 6.45) is 4.40. The third kappa shape index (κ3) is 3.21. The summed E-state index contributed by atoms with van der Waals surface area (Å²) in [5.41, 5.74) is 1.41. The van der Waals surface area contributed by atoms with Gasteiger partial charge in [0.05, 0.1) is 5.69 Å². The summed E-state index contributed by atoms with van der Waals surface area (Å²) in [6.45, 7) is 6.17. The van der Waals surface area contributed by atoms with Gasteiger partial charge in [0, 0.05) is 30.4 Å². The van der Waals surface area contributed by atoms with E-state index in [-0.39, 0.29) is 6.03 Å². The standard InChI is InChI=1S/C15H24N4OS/c1-3-4-12-9-21-13(16-12)17-14(20)19-8-6-15(11-19)5-7-18(2)10-15/h9H,3-8,10-11H2,1-2H3,(H,16,17,20). The van der Waals surface area contributed by atoms with Crippen LogP contribution in [-0.2, 0) is 6.42 Å². The van der Waals surface area contributed by atoms with Gasteiger partial charge in [-0.25, -0.2) is 9.78 Å². The van der Waals surface area contributed by atoms with E-state index in [0.29, 0.717) is 5.41 Å². The number of amides is 2. The van der Waals surface area contributed by atoms with Gasteiger partial charge < -0.3 is 9.80 Å². The smallest absolute Gasteiger partial charge is 0.323 e. The van der Waals surface area contributed by atoms with Gasteiger partial charge in [-0.15, -0.1) is 11.3 Å². The maximum atomic E-state index is 12.4. The minimum Gasteiger partial charge on any atom is -0.324 e. The second-order valence-corrected chi connectivity index (χ2v) is 7.34. The van der Waals surface area contributed by atoms with Gasteiger partial charge in [0.15, 0.2) is 5.13 Å². The first kappa shape index (κ1) is 14.8. The highest BCUT2D eigenvalue weighted by Gasteiger charge is 2.43. The molecule has 0 bridgehead atoms. The van der Waals surface area contributed by atoms with Crippen LogP contribution in [0.3, 0.4) is 0 Å². The molecule has 116 valence electrons. The van der Waals surface area contributed by atoms with E-state index in [0.717, 1.165) is 56.3 Å². The summed E-state index contributed by atoms with van der Waals surface area (Å²) in [7, 11) is 2.17. The molecular formula is C15H24N4OS. The van der Waals surface area contributed by atoms with Crippen molar-refractivity contribution in [2.24, 2.45) is 5.41 Å². The van der Waals surface area contributed by atoms with E-state index in [1.54, 1.807) is 0 Å². The number of carbonyl (C=O) groups excluding carboxylic acids is 1. The first-order valence-corrected chi connectivity index (χ1v) is 8.67. The number of anilines is 1. The highest BCUT2D eigenvalue weighted by atomic mass is 32.1. The summed E-state index contributed by atoms with van der Waals surface area (Å²) in [5.74, 6) is 0. The lowest BCUT2D eigenvalue weighted by Gasteiger charge is -2.23. The van der Waals surface area contributed by atoms with Crippen molar-refractivity contribution in [1.29, 1.82) is 0 Å². The second-order valence-electron chi connectivity index (χ2n) is 6.48. The molecule has 0 radical (unpaired) electrons. The molecule has 2 aliphatic rings. The first-order chi connectivity index (χ1) is 10.1. The lowest BCUT2D eigenvalue weighted by molar-refractivity contribution is 0.212. The largest absolute Gasteiger partial charge is 0.324 e. The average molecular weight is 308 g/mol. The number of hydrogen-bond donors (Lipinski definition) is 1. The maximum Gasteiger partial charge on any atom is 0.323 e. The molecule has 0 saturated carbocycles. The Kier molecular flexibility index (Phi) is 4.17. The lowest BCUT2D eigenvalue weighted by atomic mass is 9.86. The summed E-state index contributed by atoms with van der Waals surface area (Å²) in [5, 5.41) is 5.73. The van der Waals surface area contributed by atoms with E-state index in [9.17, 15) is 4.79 Å². The number of aryl methyl sites for hydroxylation is 1. The summed E-state index contributed by atoms with van der Waals surface area (Å²) < 4.78 is 0. The van der Waals surface area contributed by atoms with Crippen molar-refractivity contribution in [3.63, 3.8) is 0 Å². The van der Waals surface area contributed by atoms with Gasteiger partial charge in [-0.05, 0) is 32.9 Å². The van der Waals surface area contributed by atoms with Crippen LogP contribution in [0.25, 0.3) is 0 Å². The molecule has 1 aromatic rings. The van der Waals surface area contributed by atoms with Crippen molar-refractivity contribution < 1.29 is 4.79 Å². The van der Waals surface area contributed by atoms with Crippen LogP contribution in [0.1, 0.15) is 31.9 Å². The lowest BCUT2D eigenvalue weighted by Crippen LogP contribution is -2.36. The highest BCUT2D eigenvalue weighted by molar-refractivity contribution is 7.13. The third-order valence-electron chi connectivity index (χ3n) is 4.63. The zero-order chi connectivity index (χ0) is 14.9. The van der Waals surface area contributed by atoms with Gasteiger partial charge in [-0.3, -0.25) is 5.32 Å². The minimum absolute atomic E-state index is 0.0128. The van der Waals surface area contributed by atoms with Gasteiger partial charge in [-0.2, -0.15) is 0 Å². The molecular weight excluding hydrogens is 284 g/mol. The molecule has 5 nitrogen and oxygen atoms in total. The number of hydrogen-bond acceptors (Lipinski definition) is 4. The Balaban J connectivity index is 1.56. The number of rotatable bonds is 3. The molecule has 0 aromatic carbocycles. The van der Waals surface area contributed by atoms with Gasteiger partial charge >= 0.3 is 6.03 Å². The number of carbonyl (C=O) groups is 1. The normalized spacial score (nSPS) is 25.9. The average Bonchev–Trinajstić information content (AvgIpc) is 3.14. The van der Waals surface area contributed by atoms with E-state index in [4.69, 9.17) is 0 Å². The van der Waals surface area contributed by atoms with Crippen LogP contribution in [0, 0.1) is 5.41 Å². The molecule has 6 heteroatoms. The Labute approximate surface area is 130 Å². The van der Waals surface area contributed by atoms with E-state index < -0.39 is 0 Å². The number of aromatic nitrogens is 1. The zero-order valence-corrected chi connectivity index (χ0v) is 13.7. The molecule has 2 amide bonds. The van der Waals surface area contributed by atoms with Crippen LogP contribution >= 0.6 is 11.3 Å². The SMILES string of the molecule is CCCc1csc(NC(=O)N2CCC3(CCN(C)C3)C2)n1. The number of nitrogens with one attached hydrogen (secondary N) is 1. The Hall–Kier alpha value is -1.14. The van der Waals surface area contributed by atoms with Crippen molar-refractivity contribution >= 4 is 22.5 Å². The number of likely N-dealkylation sites (tertiary alicyclic amines) is 2. The summed E-state index contributed by atoms with van der Waals surface area (Å²) >= 11 is 1.52. The van der Waals surface area contributed by atoms with Gasteiger partial charge in [0.1, 0.15) is 0 Å². The monoisotopic (exact) mass is 308 g/mol. The van der Waals surface area contributed by atoms with Gasteiger partial charge in [0.2, 0.25) is 0 Å². The molecule has 2 fully saturated rings.